The Morgan fingerprint density at radius 2 is 2.05 bits per heavy atom. The van der Waals surface area contributed by atoms with Crippen LogP contribution in [0.2, 0.25) is 5.02 Å². The summed E-state index contributed by atoms with van der Waals surface area (Å²) >= 11 is 5.92. The smallest absolute Gasteiger partial charge is 0.317 e. The van der Waals surface area contributed by atoms with E-state index in [-0.39, 0.29) is 18.5 Å². The number of nitrogens with zero attached hydrogens (tertiary/aromatic N) is 3. The summed E-state index contributed by atoms with van der Waals surface area (Å²) in [6.45, 7) is 0.266. The highest BCUT2D eigenvalue weighted by atomic mass is 35.5. The van der Waals surface area contributed by atoms with Gasteiger partial charge in [-0.05, 0) is 18.2 Å². The minimum atomic E-state index is -0.305. The first-order valence-electron chi connectivity index (χ1n) is 6.70. The van der Waals surface area contributed by atoms with Crippen LogP contribution in [-0.2, 0) is 11.3 Å². The number of nitrogens with one attached hydrogen (secondary N) is 2. The monoisotopic (exact) mass is 323 g/mol. The number of aromatic nitrogens is 2. The van der Waals surface area contributed by atoms with Crippen molar-refractivity contribution in [2.75, 3.05) is 27.7 Å². The highest BCUT2D eigenvalue weighted by Crippen LogP contribution is 2.17. The van der Waals surface area contributed by atoms with Crippen LogP contribution in [0.25, 0.3) is 11.0 Å². The minimum absolute atomic E-state index is 0.0560. The van der Waals surface area contributed by atoms with Gasteiger partial charge >= 0.3 is 6.03 Å². The Morgan fingerprint density at radius 3 is 2.73 bits per heavy atom. The van der Waals surface area contributed by atoms with E-state index >= 15 is 0 Å². The lowest BCUT2D eigenvalue weighted by atomic mass is 10.3. The molecule has 0 saturated carbocycles. The molecule has 1 heterocycles. The van der Waals surface area contributed by atoms with Crippen LogP contribution in [0.4, 0.5) is 4.79 Å². The number of urea groups is 1. The fourth-order valence-electron chi connectivity index (χ4n) is 1.87. The highest BCUT2D eigenvalue weighted by molar-refractivity contribution is 6.31. The predicted molar refractivity (Wildman–Crippen MR) is 84.7 cm³/mol. The third-order valence-electron chi connectivity index (χ3n) is 3.10. The van der Waals surface area contributed by atoms with E-state index in [0.29, 0.717) is 17.4 Å². The van der Waals surface area contributed by atoms with Crippen molar-refractivity contribution < 1.29 is 9.59 Å². The van der Waals surface area contributed by atoms with E-state index in [4.69, 9.17) is 11.6 Å². The molecule has 1 aromatic carbocycles. The number of carbonyl (C=O) groups is 2. The maximum atomic E-state index is 12.0. The molecule has 3 amide bonds. The second kappa shape index (κ2) is 6.65. The maximum absolute atomic E-state index is 12.0. The third kappa shape index (κ3) is 3.88. The van der Waals surface area contributed by atoms with Crippen LogP contribution in [0.15, 0.2) is 18.2 Å². The van der Waals surface area contributed by atoms with Gasteiger partial charge < -0.3 is 20.1 Å². The first-order chi connectivity index (χ1) is 10.4. The first kappa shape index (κ1) is 16.1. The van der Waals surface area contributed by atoms with Crippen molar-refractivity contribution in [3.05, 3.63) is 29.0 Å². The van der Waals surface area contributed by atoms with Gasteiger partial charge in [0.1, 0.15) is 5.82 Å². The molecule has 2 N–H and O–H groups in total. The fourth-order valence-corrected chi connectivity index (χ4v) is 2.04. The van der Waals surface area contributed by atoms with Crippen molar-refractivity contribution in [2.45, 2.75) is 6.54 Å². The second-order valence-corrected chi connectivity index (χ2v) is 5.58. The zero-order valence-corrected chi connectivity index (χ0v) is 13.4. The summed E-state index contributed by atoms with van der Waals surface area (Å²) in [5.41, 5.74) is 1.62. The Hall–Kier alpha value is -2.28. The predicted octanol–water partition coefficient (Wildman–Crippen LogP) is 1.45. The van der Waals surface area contributed by atoms with Gasteiger partial charge in [-0.2, -0.15) is 0 Å². The molecule has 118 valence electrons. The van der Waals surface area contributed by atoms with Crippen molar-refractivity contribution in [2.24, 2.45) is 0 Å². The molecule has 8 heteroatoms. The summed E-state index contributed by atoms with van der Waals surface area (Å²) in [6.07, 6.45) is 0. The van der Waals surface area contributed by atoms with Crippen LogP contribution in [0, 0.1) is 0 Å². The van der Waals surface area contributed by atoms with Gasteiger partial charge in [0.25, 0.3) is 0 Å². The topological polar surface area (TPSA) is 81.3 Å². The van der Waals surface area contributed by atoms with Crippen molar-refractivity contribution in [1.29, 1.82) is 0 Å². The molecule has 22 heavy (non-hydrogen) atoms. The van der Waals surface area contributed by atoms with Gasteiger partial charge in [-0.15, -0.1) is 0 Å². The van der Waals surface area contributed by atoms with Gasteiger partial charge in [-0.3, -0.25) is 4.79 Å². The molecule has 0 bridgehead atoms. The number of likely N-dealkylation sites (N-methyl/N-ethyl adjacent to an activating group) is 1. The molecule has 0 spiro atoms. The standard InChI is InChI=1S/C14H18ClN5O2/c1-19(2)14(22)16-7-13(21)20(3)8-12-17-10-5-4-9(15)6-11(10)18-12/h4-6H,7-8H2,1-3H3,(H,16,22)(H,17,18). The number of amides is 3. The Bertz CT molecular complexity index is 698. The van der Waals surface area contributed by atoms with Gasteiger partial charge in [-0.1, -0.05) is 11.6 Å². The zero-order valence-electron chi connectivity index (χ0n) is 12.7. The maximum Gasteiger partial charge on any atom is 0.317 e. The number of hydrogen-bond acceptors (Lipinski definition) is 3. The number of H-pyrrole nitrogens is 1. The summed E-state index contributed by atoms with van der Waals surface area (Å²) in [7, 11) is 4.89. The Morgan fingerprint density at radius 1 is 1.32 bits per heavy atom. The molecule has 1 aromatic heterocycles. The molecular weight excluding hydrogens is 306 g/mol. The third-order valence-corrected chi connectivity index (χ3v) is 3.34. The summed E-state index contributed by atoms with van der Waals surface area (Å²) in [6, 6.07) is 5.06. The average Bonchev–Trinajstić information content (AvgIpc) is 2.85. The van der Waals surface area contributed by atoms with Gasteiger partial charge in [-0.25, -0.2) is 9.78 Å². The molecule has 7 nitrogen and oxygen atoms in total. The van der Waals surface area contributed by atoms with Crippen LogP contribution in [0.1, 0.15) is 5.82 Å². The lowest BCUT2D eigenvalue weighted by molar-refractivity contribution is -0.129. The molecule has 0 unspecified atom stereocenters. The normalized spacial score (nSPS) is 10.5. The van der Waals surface area contributed by atoms with Crippen molar-refractivity contribution in [3.8, 4) is 0 Å². The molecule has 2 aromatic rings. The fraction of sp³-hybridized carbons (Fsp3) is 0.357. The molecule has 0 aliphatic heterocycles. The molecule has 0 aliphatic carbocycles. The van der Waals surface area contributed by atoms with Crippen molar-refractivity contribution >= 4 is 34.6 Å². The SMILES string of the molecule is CN(C)C(=O)NCC(=O)N(C)Cc1nc2ccc(Cl)cc2[nH]1. The van der Waals surface area contributed by atoms with Crippen LogP contribution >= 0.6 is 11.6 Å². The van der Waals surface area contributed by atoms with E-state index in [0.717, 1.165) is 11.0 Å². The van der Waals surface area contributed by atoms with E-state index in [1.54, 1.807) is 33.3 Å². The van der Waals surface area contributed by atoms with E-state index in [1.807, 2.05) is 6.07 Å². The second-order valence-electron chi connectivity index (χ2n) is 5.15. The lowest BCUT2D eigenvalue weighted by Crippen LogP contribution is -2.42. The van der Waals surface area contributed by atoms with Gasteiger partial charge in [0.15, 0.2) is 0 Å². The van der Waals surface area contributed by atoms with Crippen LogP contribution in [0.5, 0.6) is 0 Å². The van der Waals surface area contributed by atoms with Crippen LogP contribution in [-0.4, -0.2) is 59.4 Å². The number of halogens is 1. The van der Waals surface area contributed by atoms with E-state index in [1.165, 1.54) is 9.80 Å². The van der Waals surface area contributed by atoms with E-state index in [9.17, 15) is 9.59 Å². The Kier molecular flexibility index (Phi) is 4.87. The molecule has 0 fully saturated rings. The van der Waals surface area contributed by atoms with E-state index in [2.05, 4.69) is 15.3 Å². The Labute approximate surface area is 133 Å². The molecule has 2 rings (SSSR count). The number of hydrogen-bond donors (Lipinski definition) is 2. The lowest BCUT2D eigenvalue weighted by Gasteiger charge is -2.17. The minimum Gasteiger partial charge on any atom is -0.340 e. The molecule has 0 aliphatic rings. The molecular formula is C14H18ClN5O2. The van der Waals surface area contributed by atoms with Gasteiger partial charge in [0.05, 0.1) is 24.1 Å². The largest absolute Gasteiger partial charge is 0.340 e. The summed E-state index contributed by atoms with van der Waals surface area (Å²) in [5.74, 6) is 0.459. The summed E-state index contributed by atoms with van der Waals surface area (Å²) in [5, 5.41) is 3.15. The molecule has 0 saturated heterocycles. The van der Waals surface area contributed by atoms with Crippen LogP contribution < -0.4 is 5.32 Å². The quantitative estimate of drug-likeness (QED) is 0.893. The zero-order chi connectivity index (χ0) is 16.3. The Balaban J connectivity index is 1.96. The molecule has 0 atom stereocenters. The van der Waals surface area contributed by atoms with Gasteiger partial charge in [0, 0.05) is 26.2 Å². The number of carbonyl (C=O) groups excluding carboxylic acids is 2. The summed E-state index contributed by atoms with van der Waals surface area (Å²) in [4.78, 5) is 33.7. The summed E-state index contributed by atoms with van der Waals surface area (Å²) < 4.78 is 0. The van der Waals surface area contributed by atoms with Crippen molar-refractivity contribution in [1.82, 2.24) is 25.1 Å². The van der Waals surface area contributed by atoms with E-state index < -0.39 is 0 Å². The average molecular weight is 324 g/mol. The number of imidazole rings is 1. The number of fused-ring (bicyclic) bond motifs is 1. The van der Waals surface area contributed by atoms with Crippen LogP contribution in [0.3, 0.4) is 0 Å². The molecule has 0 radical (unpaired) electrons. The van der Waals surface area contributed by atoms with Gasteiger partial charge in [0.2, 0.25) is 5.91 Å². The van der Waals surface area contributed by atoms with Crippen molar-refractivity contribution in [3.63, 3.8) is 0 Å². The number of benzene rings is 1. The number of aromatic amines is 1. The first-order valence-corrected chi connectivity index (χ1v) is 7.08. The number of rotatable bonds is 4. The highest BCUT2D eigenvalue weighted by Gasteiger charge is 2.13.